The Balaban J connectivity index is 1.47. The molecule has 4 atom stereocenters. The third-order valence-electron chi connectivity index (χ3n) is 5.20. The molecule has 0 aliphatic carbocycles. The lowest BCUT2D eigenvalue weighted by atomic mass is 10.1. The summed E-state index contributed by atoms with van der Waals surface area (Å²) in [6.45, 7) is 2.08. The molecule has 0 aromatic rings. The highest BCUT2D eigenvalue weighted by Gasteiger charge is 2.40. The first kappa shape index (κ1) is 20.4. The molecule has 3 amide bonds. The number of thioether (sulfide) groups is 1. The summed E-state index contributed by atoms with van der Waals surface area (Å²) in [5, 5.41) is 8.30. The standard InChI is InChI=1S/C17H28N4O5S/c1-25-7-8-26-17(24)20-14(22)11-5-9-27-16(11)19-15(23)12-10-21-6-3-2-4-13(21)18-12/h11-13,16,18H,2-10H2,1H3,(H,19,23)(H,20,22,24). The molecule has 0 bridgehead atoms. The Kier molecular flexibility index (Phi) is 7.33. The molecule has 0 aromatic carbocycles. The van der Waals surface area contributed by atoms with Gasteiger partial charge in [-0.15, -0.1) is 11.8 Å². The lowest BCUT2D eigenvalue weighted by Gasteiger charge is -2.28. The zero-order chi connectivity index (χ0) is 19.2. The average molecular weight is 401 g/mol. The van der Waals surface area contributed by atoms with Crippen LogP contribution < -0.4 is 16.0 Å². The summed E-state index contributed by atoms with van der Waals surface area (Å²) < 4.78 is 9.65. The Bertz CT molecular complexity index is 549. The third-order valence-corrected chi connectivity index (χ3v) is 6.48. The van der Waals surface area contributed by atoms with Crippen LogP contribution >= 0.6 is 11.8 Å². The Morgan fingerprint density at radius 2 is 2.04 bits per heavy atom. The molecule has 3 N–H and O–H groups in total. The minimum atomic E-state index is -0.784. The highest BCUT2D eigenvalue weighted by Crippen LogP contribution is 2.31. The summed E-state index contributed by atoms with van der Waals surface area (Å²) in [5.41, 5.74) is 0. The predicted molar refractivity (Wildman–Crippen MR) is 100.0 cm³/mol. The van der Waals surface area contributed by atoms with Crippen molar-refractivity contribution in [3.05, 3.63) is 0 Å². The normalized spacial score (nSPS) is 30.6. The van der Waals surface area contributed by atoms with Crippen LogP contribution in [-0.2, 0) is 19.1 Å². The number of rotatable bonds is 6. The molecule has 0 radical (unpaired) electrons. The topological polar surface area (TPSA) is 109 Å². The van der Waals surface area contributed by atoms with Gasteiger partial charge in [-0.05, 0) is 38.0 Å². The fourth-order valence-electron chi connectivity index (χ4n) is 3.76. The number of piperidine rings is 1. The van der Waals surface area contributed by atoms with Crippen molar-refractivity contribution in [2.24, 2.45) is 5.92 Å². The van der Waals surface area contributed by atoms with Gasteiger partial charge in [0.1, 0.15) is 12.6 Å². The summed E-state index contributed by atoms with van der Waals surface area (Å²) in [4.78, 5) is 39.0. The van der Waals surface area contributed by atoms with Gasteiger partial charge in [0.15, 0.2) is 0 Å². The van der Waals surface area contributed by atoms with Crippen LogP contribution in [0, 0.1) is 5.92 Å². The first-order chi connectivity index (χ1) is 13.1. The van der Waals surface area contributed by atoms with E-state index in [4.69, 9.17) is 9.47 Å². The number of nitrogens with zero attached hydrogens (tertiary/aromatic N) is 1. The van der Waals surface area contributed by atoms with Gasteiger partial charge in [-0.1, -0.05) is 0 Å². The van der Waals surface area contributed by atoms with E-state index in [2.05, 4.69) is 20.9 Å². The van der Waals surface area contributed by atoms with Crippen LogP contribution in [0.4, 0.5) is 4.79 Å². The maximum Gasteiger partial charge on any atom is 0.413 e. The fourth-order valence-corrected chi connectivity index (χ4v) is 5.10. The number of alkyl carbamates (subject to hydrolysis) is 1. The van der Waals surface area contributed by atoms with E-state index < -0.39 is 17.9 Å². The zero-order valence-electron chi connectivity index (χ0n) is 15.6. The van der Waals surface area contributed by atoms with Gasteiger partial charge < -0.3 is 14.8 Å². The van der Waals surface area contributed by atoms with Gasteiger partial charge in [0.05, 0.1) is 24.1 Å². The number of ether oxygens (including phenoxy) is 2. The molecule has 10 heteroatoms. The SMILES string of the molecule is COCCOC(=O)NC(=O)C1CCSC1NC(=O)C1CN2CCCCC2N1. The minimum absolute atomic E-state index is 0.0794. The quantitative estimate of drug-likeness (QED) is 0.529. The first-order valence-electron chi connectivity index (χ1n) is 9.47. The van der Waals surface area contributed by atoms with Crippen molar-refractivity contribution in [1.82, 2.24) is 20.9 Å². The largest absolute Gasteiger partial charge is 0.447 e. The molecule has 3 aliphatic rings. The summed E-state index contributed by atoms with van der Waals surface area (Å²) in [6, 6.07) is -0.253. The molecule has 0 saturated carbocycles. The highest BCUT2D eigenvalue weighted by atomic mass is 32.2. The first-order valence-corrected chi connectivity index (χ1v) is 10.5. The summed E-state index contributed by atoms with van der Waals surface area (Å²) in [5.74, 6) is -0.180. The summed E-state index contributed by atoms with van der Waals surface area (Å²) in [7, 11) is 1.50. The van der Waals surface area contributed by atoms with E-state index in [9.17, 15) is 14.4 Å². The van der Waals surface area contributed by atoms with E-state index in [1.165, 1.54) is 31.7 Å². The van der Waals surface area contributed by atoms with Crippen LogP contribution in [0.1, 0.15) is 25.7 Å². The second kappa shape index (κ2) is 9.72. The predicted octanol–water partition coefficient (Wildman–Crippen LogP) is -0.135. The van der Waals surface area contributed by atoms with Gasteiger partial charge in [-0.3, -0.25) is 25.1 Å². The number of hydrogen-bond donors (Lipinski definition) is 3. The van der Waals surface area contributed by atoms with Crippen molar-refractivity contribution in [3.63, 3.8) is 0 Å². The third kappa shape index (κ3) is 5.34. The molecular formula is C17H28N4O5S. The second-order valence-corrected chi connectivity index (χ2v) is 8.29. The van der Waals surface area contributed by atoms with Gasteiger partial charge in [0.2, 0.25) is 11.8 Å². The monoisotopic (exact) mass is 400 g/mol. The summed E-state index contributed by atoms with van der Waals surface area (Å²) in [6.07, 6.45) is 3.54. The van der Waals surface area contributed by atoms with Crippen LogP contribution in [0.3, 0.4) is 0 Å². The zero-order valence-corrected chi connectivity index (χ0v) is 16.4. The van der Waals surface area contributed by atoms with Crippen LogP contribution in [0.2, 0.25) is 0 Å². The Labute approximate surface area is 163 Å². The molecule has 0 spiro atoms. The van der Waals surface area contributed by atoms with Crippen LogP contribution in [-0.4, -0.2) is 79.6 Å². The molecule has 3 rings (SSSR count). The maximum atomic E-state index is 12.7. The number of nitrogens with one attached hydrogen (secondary N) is 3. The van der Waals surface area contributed by atoms with E-state index in [0.29, 0.717) is 13.0 Å². The Hall–Kier alpha value is -1.36. The van der Waals surface area contributed by atoms with Gasteiger partial charge in [0, 0.05) is 13.7 Å². The Morgan fingerprint density at radius 3 is 2.81 bits per heavy atom. The number of carbonyl (C=O) groups is 3. The van der Waals surface area contributed by atoms with E-state index in [-0.39, 0.29) is 36.7 Å². The minimum Gasteiger partial charge on any atom is -0.447 e. The second-order valence-electron chi connectivity index (χ2n) is 7.04. The van der Waals surface area contributed by atoms with Crippen LogP contribution in [0.15, 0.2) is 0 Å². The smallest absolute Gasteiger partial charge is 0.413 e. The number of hydrogen-bond acceptors (Lipinski definition) is 8. The van der Waals surface area contributed by atoms with Crippen LogP contribution in [0.5, 0.6) is 0 Å². The molecule has 3 fully saturated rings. The molecule has 152 valence electrons. The number of imide groups is 1. The molecule has 3 aliphatic heterocycles. The average Bonchev–Trinajstić information content (AvgIpc) is 3.28. The fraction of sp³-hybridized carbons (Fsp3) is 0.824. The van der Waals surface area contributed by atoms with Crippen molar-refractivity contribution in [1.29, 1.82) is 0 Å². The maximum absolute atomic E-state index is 12.7. The molecule has 4 unspecified atom stereocenters. The van der Waals surface area contributed by atoms with Crippen LogP contribution in [0.25, 0.3) is 0 Å². The van der Waals surface area contributed by atoms with Gasteiger partial charge in [0.25, 0.3) is 0 Å². The number of amides is 3. The van der Waals surface area contributed by atoms with Gasteiger partial charge in [-0.25, -0.2) is 4.79 Å². The lowest BCUT2D eigenvalue weighted by Crippen LogP contribution is -2.50. The number of methoxy groups -OCH3 is 1. The van der Waals surface area contributed by atoms with Crippen molar-refractivity contribution < 1.29 is 23.9 Å². The van der Waals surface area contributed by atoms with E-state index in [1.807, 2.05) is 0 Å². The van der Waals surface area contributed by atoms with Crippen molar-refractivity contribution >= 4 is 29.7 Å². The molecule has 3 saturated heterocycles. The summed E-state index contributed by atoms with van der Waals surface area (Å²) >= 11 is 1.53. The van der Waals surface area contributed by atoms with Gasteiger partial charge >= 0.3 is 6.09 Å². The van der Waals surface area contributed by atoms with Crippen molar-refractivity contribution in [2.75, 3.05) is 39.2 Å². The molecular weight excluding hydrogens is 372 g/mol. The molecule has 3 heterocycles. The van der Waals surface area contributed by atoms with E-state index >= 15 is 0 Å². The number of carbonyl (C=O) groups excluding carboxylic acids is 3. The molecule has 9 nitrogen and oxygen atoms in total. The Morgan fingerprint density at radius 1 is 1.19 bits per heavy atom. The molecule has 27 heavy (non-hydrogen) atoms. The van der Waals surface area contributed by atoms with E-state index in [1.54, 1.807) is 0 Å². The van der Waals surface area contributed by atoms with Crippen molar-refractivity contribution in [2.45, 2.75) is 43.3 Å². The molecule has 0 aromatic heterocycles. The highest BCUT2D eigenvalue weighted by molar-refractivity contribution is 8.00. The number of fused-ring (bicyclic) bond motifs is 1. The van der Waals surface area contributed by atoms with Crippen molar-refractivity contribution in [3.8, 4) is 0 Å². The van der Waals surface area contributed by atoms with Gasteiger partial charge in [-0.2, -0.15) is 0 Å². The lowest BCUT2D eigenvalue weighted by molar-refractivity contribution is -0.126. The van der Waals surface area contributed by atoms with E-state index in [0.717, 1.165) is 18.7 Å².